The van der Waals surface area contributed by atoms with Gasteiger partial charge in [-0.15, -0.1) is 10.2 Å². The lowest BCUT2D eigenvalue weighted by Gasteiger charge is -2.21. The third-order valence-electron chi connectivity index (χ3n) is 2.47. The molecule has 0 aliphatic carbocycles. The Morgan fingerprint density at radius 3 is 2.94 bits per heavy atom. The molecule has 1 fully saturated rings. The van der Waals surface area contributed by atoms with Crippen molar-refractivity contribution < 1.29 is 13.2 Å². The topological polar surface area (TPSA) is 107 Å². The van der Waals surface area contributed by atoms with E-state index in [0.29, 0.717) is 13.2 Å². The maximum atomic E-state index is 11.8. The molecule has 96 valence electrons. The molecular formula is C8H14N4O3S2. The highest BCUT2D eigenvalue weighted by Gasteiger charge is 2.22. The summed E-state index contributed by atoms with van der Waals surface area (Å²) in [5.41, 5.74) is 5.35. The van der Waals surface area contributed by atoms with E-state index in [4.69, 9.17) is 10.5 Å². The summed E-state index contributed by atoms with van der Waals surface area (Å²) in [5, 5.41) is 7.14. The van der Waals surface area contributed by atoms with Gasteiger partial charge in [0, 0.05) is 13.2 Å². The zero-order chi connectivity index (χ0) is 12.3. The number of rotatable bonds is 4. The van der Waals surface area contributed by atoms with Gasteiger partial charge in [0.15, 0.2) is 0 Å². The summed E-state index contributed by atoms with van der Waals surface area (Å²) in [6.45, 7) is 1.72. The lowest BCUT2D eigenvalue weighted by molar-refractivity contribution is 0.0568. The van der Waals surface area contributed by atoms with Crippen molar-refractivity contribution in [2.45, 2.75) is 17.2 Å². The number of nitrogens with two attached hydrogens (primary N) is 1. The van der Waals surface area contributed by atoms with Crippen LogP contribution in [0, 0.1) is 5.92 Å². The number of sulfonamides is 1. The lowest BCUT2D eigenvalue weighted by Crippen LogP contribution is -2.33. The molecule has 0 aromatic carbocycles. The van der Waals surface area contributed by atoms with E-state index in [-0.39, 0.29) is 15.4 Å². The number of nitrogens with one attached hydrogen (secondary N) is 1. The minimum atomic E-state index is -3.58. The molecular weight excluding hydrogens is 264 g/mol. The predicted molar refractivity (Wildman–Crippen MR) is 63.1 cm³/mol. The molecule has 1 atom stereocenters. The van der Waals surface area contributed by atoms with Crippen LogP contribution in [0.3, 0.4) is 0 Å². The first-order chi connectivity index (χ1) is 8.08. The monoisotopic (exact) mass is 278 g/mol. The number of anilines is 1. The third-order valence-corrected chi connectivity index (χ3v) is 5.01. The smallest absolute Gasteiger partial charge is 0.269 e. The summed E-state index contributed by atoms with van der Waals surface area (Å²) in [4.78, 5) is 0. The number of hydrogen-bond acceptors (Lipinski definition) is 7. The van der Waals surface area contributed by atoms with Crippen LogP contribution in [0.4, 0.5) is 5.13 Å². The van der Waals surface area contributed by atoms with Gasteiger partial charge in [-0.05, 0) is 18.8 Å². The quantitative estimate of drug-likeness (QED) is 0.791. The minimum absolute atomic E-state index is 0.0910. The molecule has 2 heterocycles. The van der Waals surface area contributed by atoms with Gasteiger partial charge in [0.05, 0.1) is 6.61 Å². The summed E-state index contributed by atoms with van der Waals surface area (Å²) in [6.07, 6.45) is 1.94. The van der Waals surface area contributed by atoms with E-state index in [1.807, 2.05) is 0 Å². The normalized spacial score (nSPS) is 21.5. The Kier molecular flexibility index (Phi) is 3.92. The second kappa shape index (κ2) is 5.25. The van der Waals surface area contributed by atoms with Gasteiger partial charge in [-0.3, -0.25) is 0 Å². The Bertz CT molecular complexity index is 467. The Morgan fingerprint density at radius 2 is 2.35 bits per heavy atom. The Morgan fingerprint density at radius 1 is 1.53 bits per heavy atom. The SMILES string of the molecule is Nc1nnc(S(=O)(=O)NCC2CCCOC2)s1. The van der Waals surface area contributed by atoms with Crippen molar-refractivity contribution in [3.8, 4) is 0 Å². The Balaban J connectivity index is 1.93. The van der Waals surface area contributed by atoms with Crippen molar-refractivity contribution >= 4 is 26.5 Å². The number of hydrogen-bond donors (Lipinski definition) is 2. The van der Waals surface area contributed by atoms with Crippen molar-refractivity contribution in [1.29, 1.82) is 0 Å². The van der Waals surface area contributed by atoms with Gasteiger partial charge in [-0.2, -0.15) is 0 Å². The first-order valence-corrected chi connectivity index (χ1v) is 7.54. The van der Waals surface area contributed by atoms with E-state index in [9.17, 15) is 8.42 Å². The molecule has 0 amide bonds. The zero-order valence-corrected chi connectivity index (χ0v) is 10.8. The fraction of sp³-hybridized carbons (Fsp3) is 0.750. The van der Waals surface area contributed by atoms with Gasteiger partial charge < -0.3 is 10.5 Å². The van der Waals surface area contributed by atoms with E-state index in [1.54, 1.807) is 0 Å². The summed E-state index contributed by atoms with van der Waals surface area (Å²) in [5.74, 6) is 0.226. The van der Waals surface area contributed by atoms with Crippen LogP contribution < -0.4 is 10.5 Å². The number of aromatic nitrogens is 2. The van der Waals surface area contributed by atoms with Crippen LogP contribution in [0.1, 0.15) is 12.8 Å². The molecule has 1 saturated heterocycles. The third kappa shape index (κ3) is 3.35. The van der Waals surface area contributed by atoms with E-state index in [2.05, 4.69) is 14.9 Å². The molecule has 1 aromatic rings. The van der Waals surface area contributed by atoms with Gasteiger partial charge in [0.2, 0.25) is 9.47 Å². The molecule has 0 spiro atoms. The second-order valence-corrected chi connectivity index (χ2v) is 6.79. The highest BCUT2D eigenvalue weighted by molar-refractivity contribution is 7.91. The minimum Gasteiger partial charge on any atom is -0.381 e. The summed E-state index contributed by atoms with van der Waals surface area (Å²) in [6, 6.07) is 0. The van der Waals surface area contributed by atoms with Gasteiger partial charge in [0.1, 0.15) is 0 Å². The molecule has 0 bridgehead atoms. The fourth-order valence-electron chi connectivity index (χ4n) is 1.59. The first kappa shape index (κ1) is 12.7. The van der Waals surface area contributed by atoms with Crippen LogP contribution in [0.2, 0.25) is 0 Å². The Labute approximate surface area is 103 Å². The number of nitrogen functional groups attached to an aromatic ring is 1. The molecule has 3 N–H and O–H groups in total. The standard InChI is InChI=1S/C8H14N4O3S2/c9-7-11-12-8(16-7)17(13,14)10-4-6-2-1-3-15-5-6/h6,10H,1-5H2,(H2,9,11). The number of nitrogens with zero attached hydrogens (tertiary/aromatic N) is 2. The van der Waals surface area contributed by atoms with Crippen LogP contribution in [0.5, 0.6) is 0 Å². The lowest BCUT2D eigenvalue weighted by atomic mass is 10.0. The van der Waals surface area contributed by atoms with Crippen molar-refractivity contribution in [3.05, 3.63) is 0 Å². The molecule has 9 heteroatoms. The summed E-state index contributed by atoms with van der Waals surface area (Å²) < 4.78 is 31.3. The van der Waals surface area contributed by atoms with E-state index in [0.717, 1.165) is 30.8 Å². The zero-order valence-electron chi connectivity index (χ0n) is 9.13. The van der Waals surface area contributed by atoms with E-state index < -0.39 is 10.0 Å². The fourth-order valence-corrected chi connectivity index (χ4v) is 3.53. The Hall–Kier alpha value is -0.770. The second-order valence-electron chi connectivity index (χ2n) is 3.84. The van der Waals surface area contributed by atoms with E-state index in [1.165, 1.54) is 0 Å². The molecule has 0 saturated carbocycles. The maximum Gasteiger partial charge on any atom is 0.269 e. The molecule has 7 nitrogen and oxygen atoms in total. The first-order valence-electron chi connectivity index (χ1n) is 5.24. The van der Waals surface area contributed by atoms with Gasteiger partial charge in [-0.1, -0.05) is 11.3 Å². The molecule has 0 radical (unpaired) electrons. The van der Waals surface area contributed by atoms with Gasteiger partial charge >= 0.3 is 0 Å². The molecule has 1 unspecified atom stereocenters. The van der Waals surface area contributed by atoms with Crippen LogP contribution in [-0.2, 0) is 14.8 Å². The van der Waals surface area contributed by atoms with Gasteiger partial charge in [0.25, 0.3) is 10.0 Å². The summed E-state index contributed by atoms with van der Waals surface area (Å²) in [7, 11) is -3.58. The highest BCUT2D eigenvalue weighted by Crippen LogP contribution is 2.18. The maximum absolute atomic E-state index is 11.8. The van der Waals surface area contributed by atoms with Crippen LogP contribution >= 0.6 is 11.3 Å². The van der Waals surface area contributed by atoms with Crippen molar-refractivity contribution in [1.82, 2.24) is 14.9 Å². The molecule has 17 heavy (non-hydrogen) atoms. The van der Waals surface area contributed by atoms with Crippen LogP contribution in [0.25, 0.3) is 0 Å². The van der Waals surface area contributed by atoms with Crippen LogP contribution in [0.15, 0.2) is 4.34 Å². The van der Waals surface area contributed by atoms with Gasteiger partial charge in [-0.25, -0.2) is 13.1 Å². The van der Waals surface area contributed by atoms with Crippen LogP contribution in [-0.4, -0.2) is 38.4 Å². The van der Waals surface area contributed by atoms with E-state index >= 15 is 0 Å². The van der Waals surface area contributed by atoms with Crippen molar-refractivity contribution in [3.63, 3.8) is 0 Å². The summed E-state index contributed by atoms with van der Waals surface area (Å²) >= 11 is 0.855. The molecule has 1 aliphatic heterocycles. The molecule has 1 aromatic heterocycles. The van der Waals surface area contributed by atoms with Crippen molar-refractivity contribution in [2.75, 3.05) is 25.5 Å². The largest absolute Gasteiger partial charge is 0.381 e. The molecule has 1 aliphatic rings. The predicted octanol–water partition coefficient (Wildman–Crippen LogP) is -0.175. The van der Waals surface area contributed by atoms with Crippen molar-refractivity contribution in [2.24, 2.45) is 5.92 Å². The molecule has 2 rings (SSSR count). The highest BCUT2D eigenvalue weighted by atomic mass is 32.2. The average molecular weight is 278 g/mol. The average Bonchev–Trinajstić information content (AvgIpc) is 2.76. The number of ether oxygens (including phenoxy) is 1.